The van der Waals surface area contributed by atoms with Gasteiger partial charge in [0, 0.05) is 25.6 Å². The van der Waals surface area contributed by atoms with Gasteiger partial charge in [0.2, 0.25) is 5.91 Å². The Morgan fingerprint density at radius 2 is 2.08 bits per heavy atom. The summed E-state index contributed by atoms with van der Waals surface area (Å²) in [5.74, 6) is 1.47. The summed E-state index contributed by atoms with van der Waals surface area (Å²) in [5, 5.41) is 7.28. The molecule has 0 aliphatic heterocycles. The Labute approximate surface area is 153 Å². The zero-order chi connectivity index (χ0) is 18.2. The van der Waals surface area contributed by atoms with Crippen LogP contribution in [0.3, 0.4) is 0 Å². The molecule has 2 aromatic rings. The monoisotopic (exact) mass is 357 g/mol. The van der Waals surface area contributed by atoms with Crippen molar-refractivity contribution in [1.82, 2.24) is 15.1 Å². The molecule has 0 unspecified atom stereocenters. The molecule has 0 spiro atoms. The van der Waals surface area contributed by atoms with Crippen LogP contribution in [-0.2, 0) is 11.3 Å². The van der Waals surface area contributed by atoms with Crippen molar-refractivity contribution in [2.75, 3.05) is 6.54 Å². The van der Waals surface area contributed by atoms with E-state index >= 15 is 0 Å². The van der Waals surface area contributed by atoms with Crippen LogP contribution >= 0.6 is 0 Å². The number of amides is 1. The summed E-state index contributed by atoms with van der Waals surface area (Å²) in [4.78, 5) is 23.9. The van der Waals surface area contributed by atoms with Crippen molar-refractivity contribution in [3.05, 3.63) is 40.9 Å². The predicted molar refractivity (Wildman–Crippen MR) is 99.6 cm³/mol. The highest BCUT2D eigenvalue weighted by Gasteiger charge is 2.14. The maximum atomic E-state index is 12.0. The minimum absolute atomic E-state index is 0.111. The lowest BCUT2D eigenvalue weighted by atomic mass is 9.86. The first-order valence-electron chi connectivity index (χ1n) is 9.61. The third-order valence-electron chi connectivity index (χ3n) is 5.01. The molecule has 0 atom stereocenters. The number of aromatic nitrogens is 2. The Kier molecular flexibility index (Phi) is 6.63. The van der Waals surface area contributed by atoms with E-state index in [9.17, 15) is 9.59 Å². The van der Waals surface area contributed by atoms with E-state index in [2.05, 4.69) is 10.4 Å². The van der Waals surface area contributed by atoms with E-state index < -0.39 is 0 Å². The lowest BCUT2D eigenvalue weighted by Crippen LogP contribution is -2.28. The van der Waals surface area contributed by atoms with Crippen molar-refractivity contribution in [2.24, 2.45) is 5.92 Å². The van der Waals surface area contributed by atoms with Crippen LogP contribution in [0.25, 0.3) is 11.5 Å². The molecule has 1 aliphatic carbocycles. The van der Waals surface area contributed by atoms with Crippen LogP contribution in [-0.4, -0.2) is 22.2 Å². The lowest BCUT2D eigenvalue weighted by molar-refractivity contribution is -0.121. The highest BCUT2D eigenvalue weighted by atomic mass is 16.3. The summed E-state index contributed by atoms with van der Waals surface area (Å²) in [5.41, 5.74) is 0.482. The van der Waals surface area contributed by atoms with Crippen molar-refractivity contribution < 1.29 is 9.21 Å². The first-order chi connectivity index (χ1) is 12.7. The van der Waals surface area contributed by atoms with Crippen molar-refractivity contribution in [3.8, 4) is 11.5 Å². The first kappa shape index (κ1) is 18.4. The Balaban J connectivity index is 1.40. The van der Waals surface area contributed by atoms with Gasteiger partial charge in [0.25, 0.3) is 5.56 Å². The number of rotatable bonds is 8. The number of hydrogen-bond acceptors (Lipinski definition) is 4. The van der Waals surface area contributed by atoms with Crippen LogP contribution in [0.1, 0.15) is 51.4 Å². The van der Waals surface area contributed by atoms with Gasteiger partial charge in [-0.25, -0.2) is 4.68 Å². The summed E-state index contributed by atoms with van der Waals surface area (Å²) < 4.78 is 6.74. The highest BCUT2D eigenvalue weighted by molar-refractivity contribution is 5.75. The van der Waals surface area contributed by atoms with E-state index in [1.54, 1.807) is 18.4 Å². The Bertz CT molecular complexity index is 746. The molecule has 0 radical (unpaired) electrons. The quantitative estimate of drug-likeness (QED) is 0.735. The molecule has 6 nitrogen and oxygen atoms in total. The predicted octanol–water partition coefficient (Wildman–Crippen LogP) is 3.37. The van der Waals surface area contributed by atoms with Crippen LogP contribution in [0, 0.1) is 5.92 Å². The molecule has 140 valence electrons. The molecule has 1 amide bonds. The molecule has 1 fully saturated rings. The minimum Gasteiger partial charge on any atom is -0.463 e. The zero-order valence-corrected chi connectivity index (χ0v) is 15.2. The SMILES string of the molecule is O=C(CCC1CCCCC1)NCCCn1nc(-c2ccco2)ccc1=O. The van der Waals surface area contributed by atoms with E-state index in [1.165, 1.54) is 42.9 Å². The van der Waals surface area contributed by atoms with Gasteiger partial charge in [-0.2, -0.15) is 5.10 Å². The zero-order valence-electron chi connectivity index (χ0n) is 15.2. The summed E-state index contributed by atoms with van der Waals surface area (Å²) in [6, 6.07) is 6.75. The molecule has 3 rings (SSSR count). The van der Waals surface area contributed by atoms with Crippen molar-refractivity contribution >= 4 is 5.91 Å². The number of nitrogens with one attached hydrogen (secondary N) is 1. The van der Waals surface area contributed by atoms with Crippen LogP contribution < -0.4 is 10.9 Å². The Morgan fingerprint density at radius 3 is 2.85 bits per heavy atom. The summed E-state index contributed by atoms with van der Waals surface area (Å²) >= 11 is 0. The second-order valence-electron chi connectivity index (χ2n) is 7.00. The molecule has 2 heterocycles. The van der Waals surface area contributed by atoms with E-state index in [1.807, 2.05) is 6.07 Å². The third-order valence-corrected chi connectivity index (χ3v) is 5.01. The summed E-state index contributed by atoms with van der Waals surface area (Å²) in [6.07, 6.45) is 10.4. The second kappa shape index (κ2) is 9.36. The summed E-state index contributed by atoms with van der Waals surface area (Å²) in [7, 11) is 0. The number of aryl methyl sites for hydroxylation is 1. The van der Waals surface area contributed by atoms with Gasteiger partial charge in [-0.1, -0.05) is 32.1 Å². The van der Waals surface area contributed by atoms with Gasteiger partial charge in [-0.05, 0) is 37.0 Å². The molecule has 1 N–H and O–H groups in total. The Morgan fingerprint density at radius 1 is 1.23 bits per heavy atom. The molecule has 2 aromatic heterocycles. The van der Waals surface area contributed by atoms with Crippen LogP contribution in [0.5, 0.6) is 0 Å². The van der Waals surface area contributed by atoms with Gasteiger partial charge in [-0.15, -0.1) is 0 Å². The molecule has 0 saturated heterocycles. The summed E-state index contributed by atoms with van der Waals surface area (Å²) in [6.45, 7) is 1.03. The van der Waals surface area contributed by atoms with Gasteiger partial charge in [0.15, 0.2) is 5.76 Å². The van der Waals surface area contributed by atoms with Gasteiger partial charge in [-0.3, -0.25) is 9.59 Å². The van der Waals surface area contributed by atoms with Crippen LogP contribution in [0.2, 0.25) is 0 Å². The fourth-order valence-corrected chi connectivity index (χ4v) is 3.52. The first-order valence-corrected chi connectivity index (χ1v) is 9.61. The second-order valence-corrected chi connectivity index (χ2v) is 7.00. The Hall–Kier alpha value is -2.37. The number of carbonyl (C=O) groups excluding carboxylic acids is 1. The standard InChI is InChI=1S/C20H27N3O3/c24-19(11-9-16-6-2-1-3-7-16)21-13-5-14-23-20(25)12-10-17(22-23)18-8-4-15-26-18/h4,8,10,12,15-16H,1-3,5-7,9,11,13-14H2,(H,21,24). The fourth-order valence-electron chi connectivity index (χ4n) is 3.52. The largest absolute Gasteiger partial charge is 0.463 e. The third kappa shape index (κ3) is 5.31. The average molecular weight is 357 g/mol. The molecular weight excluding hydrogens is 330 g/mol. The normalized spacial score (nSPS) is 15.1. The molecule has 6 heteroatoms. The fraction of sp³-hybridized carbons (Fsp3) is 0.550. The molecular formula is C20H27N3O3. The van der Waals surface area contributed by atoms with Crippen LogP contribution in [0.15, 0.2) is 39.7 Å². The van der Waals surface area contributed by atoms with E-state index in [4.69, 9.17) is 4.42 Å². The number of hydrogen-bond donors (Lipinski definition) is 1. The maximum Gasteiger partial charge on any atom is 0.266 e. The van der Waals surface area contributed by atoms with Gasteiger partial charge >= 0.3 is 0 Å². The average Bonchev–Trinajstić information content (AvgIpc) is 3.20. The molecule has 1 aliphatic rings. The number of nitrogens with zero attached hydrogens (tertiary/aromatic N) is 2. The van der Waals surface area contributed by atoms with Crippen molar-refractivity contribution in [2.45, 2.75) is 57.9 Å². The molecule has 0 bridgehead atoms. The lowest BCUT2D eigenvalue weighted by Gasteiger charge is -2.20. The number of furan rings is 1. The highest BCUT2D eigenvalue weighted by Crippen LogP contribution is 2.27. The maximum absolute atomic E-state index is 12.0. The molecule has 0 aromatic carbocycles. The van der Waals surface area contributed by atoms with Gasteiger partial charge in [0.1, 0.15) is 5.69 Å². The molecule has 26 heavy (non-hydrogen) atoms. The van der Waals surface area contributed by atoms with Crippen molar-refractivity contribution in [3.63, 3.8) is 0 Å². The van der Waals surface area contributed by atoms with E-state index in [-0.39, 0.29) is 11.5 Å². The minimum atomic E-state index is -0.149. The van der Waals surface area contributed by atoms with Crippen LogP contribution in [0.4, 0.5) is 0 Å². The van der Waals surface area contributed by atoms with Crippen molar-refractivity contribution in [1.29, 1.82) is 0 Å². The van der Waals surface area contributed by atoms with Gasteiger partial charge in [0.05, 0.1) is 6.26 Å². The topological polar surface area (TPSA) is 77.1 Å². The number of carbonyl (C=O) groups is 1. The molecule has 1 saturated carbocycles. The van der Waals surface area contributed by atoms with E-state index in [0.29, 0.717) is 37.4 Å². The smallest absolute Gasteiger partial charge is 0.266 e. The van der Waals surface area contributed by atoms with E-state index in [0.717, 1.165) is 12.3 Å². The van der Waals surface area contributed by atoms with Gasteiger partial charge < -0.3 is 9.73 Å².